The van der Waals surface area contributed by atoms with Gasteiger partial charge in [0.15, 0.2) is 0 Å². The third-order valence-electron chi connectivity index (χ3n) is 3.11. The number of ether oxygens (including phenoxy) is 1. The molecule has 23 heavy (non-hydrogen) atoms. The van der Waals surface area contributed by atoms with Crippen LogP contribution in [0.2, 0.25) is 0 Å². The lowest BCUT2D eigenvalue weighted by Gasteiger charge is -2.20. The van der Waals surface area contributed by atoms with Crippen molar-refractivity contribution < 1.29 is 14.3 Å². The maximum absolute atomic E-state index is 12.0. The normalized spacial score (nSPS) is 11.8. The van der Waals surface area contributed by atoms with Crippen LogP contribution in [0.3, 0.4) is 0 Å². The van der Waals surface area contributed by atoms with E-state index in [0.29, 0.717) is 18.9 Å². The highest BCUT2D eigenvalue weighted by molar-refractivity contribution is 5.75. The highest BCUT2D eigenvalue weighted by Gasteiger charge is 2.16. The second-order valence-electron chi connectivity index (χ2n) is 5.66. The average molecular weight is 323 g/mol. The zero-order chi connectivity index (χ0) is 17.2. The monoisotopic (exact) mass is 323 g/mol. The van der Waals surface area contributed by atoms with Crippen LogP contribution in [0, 0.1) is 5.92 Å². The molecular weight excluding hydrogens is 298 g/mol. The van der Waals surface area contributed by atoms with E-state index in [9.17, 15) is 14.4 Å². The Bertz CT molecular complexity index is 568. The van der Waals surface area contributed by atoms with E-state index in [0.717, 1.165) is 0 Å². The van der Waals surface area contributed by atoms with Crippen molar-refractivity contribution in [2.24, 2.45) is 5.92 Å². The van der Waals surface area contributed by atoms with Crippen molar-refractivity contribution >= 4 is 12.0 Å². The van der Waals surface area contributed by atoms with Crippen molar-refractivity contribution in [3.63, 3.8) is 0 Å². The second-order valence-corrected chi connectivity index (χ2v) is 5.66. The predicted octanol–water partition coefficient (Wildman–Crippen LogP) is 1.13. The molecule has 0 saturated carbocycles. The molecule has 1 heterocycles. The van der Waals surface area contributed by atoms with Crippen LogP contribution >= 0.6 is 0 Å². The smallest absolute Gasteiger partial charge is 0.407 e. The van der Waals surface area contributed by atoms with Gasteiger partial charge in [-0.05, 0) is 25.3 Å². The Morgan fingerprint density at radius 2 is 2.04 bits per heavy atom. The summed E-state index contributed by atoms with van der Waals surface area (Å²) < 4.78 is 6.19. The van der Waals surface area contributed by atoms with Gasteiger partial charge in [0.1, 0.15) is 6.54 Å². The summed E-state index contributed by atoms with van der Waals surface area (Å²) in [5.41, 5.74) is -0.231. The molecule has 1 aromatic heterocycles. The van der Waals surface area contributed by atoms with Crippen LogP contribution in [0.4, 0.5) is 4.79 Å². The Morgan fingerprint density at radius 1 is 1.30 bits per heavy atom. The van der Waals surface area contributed by atoms with E-state index in [4.69, 9.17) is 4.74 Å². The molecule has 1 aromatic rings. The van der Waals surface area contributed by atoms with Crippen LogP contribution in [0.1, 0.15) is 27.2 Å². The molecule has 0 aromatic carbocycles. The summed E-state index contributed by atoms with van der Waals surface area (Å²) >= 11 is 0. The number of hydrogen-bond donors (Lipinski definition) is 2. The number of alkyl carbamates (subject to hydrolysis) is 1. The largest absolute Gasteiger partial charge is 0.450 e. The topological polar surface area (TPSA) is 89.4 Å². The first-order valence-corrected chi connectivity index (χ1v) is 7.77. The number of carbonyl (C=O) groups excluding carboxylic acids is 2. The standard InChI is InChI=1S/C16H25N3O4/c1-4-23-16(22)18-13(9-12(2)3)10-17-14(20)11-19-8-6-5-7-15(19)21/h5-8,12-13H,4,9-11H2,1-3H3,(H,17,20)(H,18,22). The predicted molar refractivity (Wildman–Crippen MR) is 87.1 cm³/mol. The second kappa shape index (κ2) is 9.66. The lowest BCUT2D eigenvalue weighted by Crippen LogP contribution is -2.45. The van der Waals surface area contributed by atoms with Gasteiger partial charge >= 0.3 is 6.09 Å². The third kappa shape index (κ3) is 7.49. The van der Waals surface area contributed by atoms with Gasteiger partial charge in [-0.25, -0.2) is 4.79 Å². The molecule has 1 atom stereocenters. The summed E-state index contributed by atoms with van der Waals surface area (Å²) in [6.45, 7) is 6.33. The molecule has 2 N–H and O–H groups in total. The molecule has 0 aliphatic rings. The molecule has 2 amide bonds. The van der Waals surface area contributed by atoms with Gasteiger partial charge in [-0.1, -0.05) is 19.9 Å². The minimum absolute atomic E-state index is 0.0481. The first kappa shape index (κ1) is 18.7. The lowest BCUT2D eigenvalue weighted by molar-refractivity contribution is -0.121. The SMILES string of the molecule is CCOC(=O)NC(CNC(=O)Cn1ccccc1=O)CC(C)C. The summed E-state index contributed by atoms with van der Waals surface area (Å²) in [4.78, 5) is 35.0. The minimum atomic E-state index is -0.494. The van der Waals surface area contributed by atoms with Crippen molar-refractivity contribution in [3.8, 4) is 0 Å². The quantitative estimate of drug-likeness (QED) is 0.750. The van der Waals surface area contributed by atoms with Crippen LogP contribution in [-0.2, 0) is 16.1 Å². The van der Waals surface area contributed by atoms with E-state index in [1.54, 1.807) is 25.3 Å². The fourth-order valence-electron chi connectivity index (χ4n) is 2.14. The average Bonchev–Trinajstić information content (AvgIpc) is 2.47. The molecule has 0 bridgehead atoms. The number of nitrogens with one attached hydrogen (secondary N) is 2. The fraction of sp³-hybridized carbons (Fsp3) is 0.562. The van der Waals surface area contributed by atoms with Crippen LogP contribution in [0.25, 0.3) is 0 Å². The van der Waals surface area contributed by atoms with Crippen molar-refractivity contribution in [2.75, 3.05) is 13.2 Å². The van der Waals surface area contributed by atoms with Gasteiger partial charge in [0.05, 0.1) is 6.61 Å². The van der Waals surface area contributed by atoms with Crippen molar-refractivity contribution in [2.45, 2.75) is 39.8 Å². The Labute approximate surface area is 136 Å². The summed E-state index contributed by atoms with van der Waals surface area (Å²) in [6, 6.07) is 4.50. The van der Waals surface area contributed by atoms with Crippen molar-refractivity contribution in [3.05, 3.63) is 34.7 Å². The van der Waals surface area contributed by atoms with Crippen LogP contribution < -0.4 is 16.2 Å². The zero-order valence-electron chi connectivity index (χ0n) is 13.9. The summed E-state index contributed by atoms with van der Waals surface area (Å²) in [5, 5.41) is 5.48. The molecule has 7 nitrogen and oxygen atoms in total. The third-order valence-corrected chi connectivity index (χ3v) is 3.11. The molecule has 0 spiro atoms. The molecular formula is C16H25N3O4. The molecule has 0 saturated heterocycles. The van der Waals surface area contributed by atoms with E-state index in [2.05, 4.69) is 10.6 Å². The Balaban J connectivity index is 2.52. The number of nitrogens with zero attached hydrogens (tertiary/aromatic N) is 1. The van der Waals surface area contributed by atoms with Gasteiger partial charge < -0.3 is 19.9 Å². The first-order valence-electron chi connectivity index (χ1n) is 7.77. The van der Waals surface area contributed by atoms with Gasteiger partial charge in [-0.15, -0.1) is 0 Å². The van der Waals surface area contributed by atoms with Gasteiger partial charge in [0, 0.05) is 24.8 Å². The van der Waals surface area contributed by atoms with E-state index in [1.807, 2.05) is 13.8 Å². The van der Waals surface area contributed by atoms with E-state index in [1.165, 1.54) is 10.6 Å². The number of carbonyl (C=O) groups is 2. The molecule has 0 aliphatic heterocycles. The molecule has 0 fully saturated rings. The zero-order valence-corrected chi connectivity index (χ0v) is 13.9. The fourth-order valence-corrected chi connectivity index (χ4v) is 2.14. The number of aromatic nitrogens is 1. The maximum atomic E-state index is 12.0. The highest BCUT2D eigenvalue weighted by Crippen LogP contribution is 2.04. The molecule has 0 radical (unpaired) electrons. The van der Waals surface area contributed by atoms with Crippen LogP contribution in [-0.4, -0.2) is 35.8 Å². The van der Waals surface area contributed by atoms with Gasteiger partial charge in [0.2, 0.25) is 5.91 Å². The van der Waals surface area contributed by atoms with Crippen molar-refractivity contribution in [1.82, 2.24) is 15.2 Å². The molecule has 1 rings (SSSR count). The molecule has 1 unspecified atom stereocenters. The van der Waals surface area contributed by atoms with Gasteiger partial charge in [-0.2, -0.15) is 0 Å². The Hall–Kier alpha value is -2.31. The Kier molecular flexibility index (Phi) is 7.87. The minimum Gasteiger partial charge on any atom is -0.450 e. The number of rotatable bonds is 8. The Morgan fingerprint density at radius 3 is 2.65 bits per heavy atom. The highest BCUT2D eigenvalue weighted by atomic mass is 16.5. The first-order chi connectivity index (χ1) is 10.9. The maximum Gasteiger partial charge on any atom is 0.407 e. The van der Waals surface area contributed by atoms with E-state index >= 15 is 0 Å². The van der Waals surface area contributed by atoms with E-state index < -0.39 is 6.09 Å². The van der Waals surface area contributed by atoms with Crippen LogP contribution in [0.5, 0.6) is 0 Å². The van der Waals surface area contributed by atoms with E-state index in [-0.39, 0.29) is 30.6 Å². The number of pyridine rings is 1. The summed E-state index contributed by atoms with van der Waals surface area (Å²) in [5.74, 6) is 0.0771. The van der Waals surface area contributed by atoms with Crippen LogP contribution in [0.15, 0.2) is 29.2 Å². The lowest BCUT2D eigenvalue weighted by atomic mass is 10.0. The van der Waals surface area contributed by atoms with Gasteiger partial charge in [-0.3, -0.25) is 9.59 Å². The number of hydrogen-bond acceptors (Lipinski definition) is 4. The summed E-state index contributed by atoms with van der Waals surface area (Å²) in [7, 11) is 0. The molecule has 0 aliphatic carbocycles. The molecule has 7 heteroatoms. The van der Waals surface area contributed by atoms with Gasteiger partial charge in [0.25, 0.3) is 5.56 Å². The number of amides is 2. The van der Waals surface area contributed by atoms with Crippen molar-refractivity contribution in [1.29, 1.82) is 0 Å². The summed E-state index contributed by atoms with van der Waals surface area (Å²) in [6.07, 6.45) is 1.78. The molecule has 128 valence electrons.